The maximum absolute atomic E-state index is 12.4. The van der Waals surface area contributed by atoms with Gasteiger partial charge < -0.3 is 19.2 Å². The van der Waals surface area contributed by atoms with Gasteiger partial charge in [0.15, 0.2) is 6.39 Å². The summed E-state index contributed by atoms with van der Waals surface area (Å²) >= 11 is 0. The number of methoxy groups -OCH3 is 1. The minimum absolute atomic E-state index is 0.0886. The van der Waals surface area contributed by atoms with E-state index in [4.69, 9.17) is 9.15 Å². The molecular formula is C14H16F2N2O3. The summed E-state index contributed by atoms with van der Waals surface area (Å²) in [5.74, 6) is 0.688. The molecule has 1 aromatic heterocycles. The van der Waals surface area contributed by atoms with Crippen molar-refractivity contribution >= 4 is 0 Å². The van der Waals surface area contributed by atoms with Crippen molar-refractivity contribution in [2.45, 2.75) is 26.1 Å². The van der Waals surface area contributed by atoms with Crippen molar-refractivity contribution in [2.75, 3.05) is 7.11 Å². The van der Waals surface area contributed by atoms with E-state index in [1.165, 1.54) is 25.8 Å². The first-order valence-electron chi connectivity index (χ1n) is 6.33. The lowest BCUT2D eigenvalue weighted by Gasteiger charge is -2.15. The van der Waals surface area contributed by atoms with Crippen LogP contribution in [0, 0.1) is 0 Å². The molecule has 1 atom stereocenters. The second-order valence-corrected chi connectivity index (χ2v) is 4.37. The first-order chi connectivity index (χ1) is 10.1. The predicted octanol–water partition coefficient (Wildman–Crippen LogP) is 3.14. The monoisotopic (exact) mass is 298 g/mol. The van der Waals surface area contributed by atoms with Crippen LogP contribution < -0.4 is 14.8 Å². The molecule has 0 fully saturated rings. The normalized spacial score (nSPS) is 12.4. The third-order valence-electron chi connectivity index (χ3n) is 2.98. The number of rotatable bonds is 7. The van der Waals surface area contributed by atoms with Gasteiger partial charge in [-0.3, -0.25) is 0 Å². The fourth-order valence-electron chi connectivity index (χ4n) is 1.84. The number of nitrogens with zero attached hydrogens (tertiary/aromatic N) is 1. The average molecular weight is 298 g/mol. The van der Waals surface area contributed by atoms with Crippen LogP contribution in [0.1, 0.15) is 24.2 Å². The van der Waals surface area contributed by atoms with Crippen molar-refractivity contribution in [2.24, 2.45) is 0 Å². The van der Waals surface area contributed by atoms with Gasteiger partial charge in [-0.05, 0) is 25.1 Å². The van der Waals surface area contributed by atoms with Crippen LogP contribution in [-0.4, -0.2) is 18.7 Å². The van der Waals surface area contributed by atoms with Crippen molar-refractivity contribution in [3.05, 3.63) is 42.1 Å². The van der Waals surface area contributed by atoms with Crippen LogP contribution in [0.2, 0.25) is 0 Å². The molecule has 2 rings (SSSR count). The number of hydrogen-bond acceptors (Lipinski definition) is 5. The summed E-state index contributed by atoms with van der Waals surface area (Å²) in [6.07, 6.45) is 2.87. The molecule has 114 valence electrons. The molecule has 1 N–H and O–H groups in total. The van der Waals surface area contributed by atoms with Gasteiger partial charge in [-0.25, -0.2) is 4.98 Å². The second-order valence-electron chi connectivity index (χ2n) is 4.37. The van der Waals surface area contributed by atoms with Gasteiger partial charge in [0.25, 0.3) is 0 Å². The molecule has 0 saturated carbocycles. The SMILES string of the molecule is COc1ccc(OC(F)F)c(CNC(C)c2cocn2)c1. The number of oxazole rings is 1. The summed E-state index contributed by atoms with van der Waals surface area (Å²) in [6, 6.07) is 4.60. The topological polar surface area (TPSA) is 56.5 Å². The standard InChI is InChI=1S/C14H16F2N2O3/c1-9(12-7-20-8-18-12)17-6-10-5-11(19-2)3-4-13(10)21-14(15)16/h3-5,7-9,14,17H,6H2,1-2H3. The lowest BCUT2D eigenvalue weighted by Crippen LogP contribution is -2.19. The van der Waals surface area contributed by atoms with Gasteiger partial charge in [0, 0.05) is 12.1 Å². The molecular weight excluding hydrogens is 282 g/mol. The molecule has 0 amide bonds. The Kier molecular flexibility index (Phi) is 5.10. The average Bonchev–Trinajstić information content (AvgIpc) is 2.99. The van der Waals surface area contributed by atoms with Gasteiger partial charge in [0.1, 0.15) is 17.8 Å². The number of ether oxygens (including phenoxy) is 2. The Hall–Kier alpha value is -2.15. The Labute approximate surface area is 120 Å². The Balaban J connectivity index is 2.09. The van der Waals surface area contributed by atoms with Crippen LogP contribution in [-0.2, 0) is 6.54 Å². The molecule has 7 heteroatoms. The minimum atomic E-state index is -2.87. The number of alkyl halides is 2. The van der Waals surface area contributed by atoms with Gasteiger partial charge in [-0.2, -0.15) is 8.78 Å². The van der Waals surface area contributed by atoms with Gasteiger partial charge in [-0.15, -0.1) is 0 Å². The summed E-state index contributed by atoms with van der Waals surface area (Å²) < 4.78 is 39.3. The van der Waals surface area contributed by atoms with E-state index in [2.05, 4.69) is 15.0 Å². The third-order valence-corrected chi connectivity index (χ3v) is 2.98. The van der Waals surface area contributed by atoms with Crippen molar-refractivity contribution in [3.8, 4) is 11.5 Å². The van der Waals surface area contributed by atoms with Crippen LogP contribution in [0.25, 0.3) is 0 Å². The highest BCUT2D eigenvalue weighted by molar-refractivity contribution is 5.40. The van der Waals surface area contributed by atoms with Crippen LogP contribution in [0.5, 0.6) is 11.5 Å². The molecule has 0 spiro atoms. The van der Waals surface area contributed by atoms with Crippen molar-refractivity contribution in [1.82, 2.24) is 10.3 Å². The van der Waals surface area contributed by atoms with Crippen LogP contribution in [0.3, 0.4) is 0 Å². The Morgan fingerprint density at radius 2 is 2.19 bits per heavy atom. The highest BCUT2D eigenvalue weighted by atomic mass is 19.3. The zero-order valence-electron chi connectivity index (χ0n) is 11.7. The van der Waals surface area contributed by atoms with E-state index in [-0.39, 0.29) is 11.8 Å². The number of nitrogens with one attached hydrogen (secondary N) is 1. The van der Waals surface area contributed by atoms with Crippen LogP contribution in [0.15, 0.2) is 35.3 Å². The molecule has 0 aliphatic carbocycles. The molecule has 5 nitrogen and oxygen atoms in total. The maximum atomic E-state index is 12.4. The molecule has 0 radical (unpaired) electrons. The first kappa shape index (κ1) is 15.2. The molecule has 0 aliphatic rings. The van der Waals surface area contributed by atoms with E-state index < -0.39 is 6.61 Å². The van der Waals surface area contributed by atoms with Gasteiger partial charge in [0.2, 0.25) is 0 Å². The van der Waals surface area contributed by atoms with Crippen LogP contribution >= 0.6 is 0 Å². The van der Waals surface area contributed by atoms with Crippen molar-refractivity contribution in [1.29, 1.82) is 0 Å². The van der Waals surface area contributed by atoms with E-state index in [0.29, 0.717) is 17.9 Å². The number of aromatic nitrogens is 1. The molecule has 1 heterocycles. The number of hydrogen-bond donors (Lipinski definition) is 1. The summed E-state index contributed by atoms with van der Waals surface area (Å²) in [7, 11) is 1.51. The third kappa shape index (κ3) is 4.16. The summed E-state index contributed by atoms with van der Waals surface area (Å²) in [6.45, 7) is -0.649. The van der Waals surface area contributed by atoms with Gasteiger partial charge >= 0.3 is 6.61 Å². The Morgan fingerprint density at radius 3 is 2.81 bits per heavy atom. The fourth-order valence-corrected chi connectivity index (χ4v) is 1.84. The van der Waals surface area contributed by atoms with E-state index >= 15 is 0 Å². The van der Waals surface area contributed by atoms with Crippen LogP contribution in [0.4, 0.5) is 8.78 Å². The molecule has 0 aliphatic heterocycles. The summed E-state index contributed by atoms with van der Waals surface area (Å²) in [5.41, 5.74) is 1.30. The Morgan fingerprint density at radius 1 is 1.38 bits per heavy atom. The molecule has 1 unspecified atom stereocenters. The smallest absolute Gasteiger partial charge is 0.387 e. The lowest BCUT2D eigenvalue weighted by molar-refractivity contribution is -0.0505. The van der Waals surface area contributed by atoms with E-state index in [1.807, 2.05) is 6.92 Å². The first-order valence-corrected chi connectivity index (χ1v) is 6.33. The van der Waals surface area contributed by atoms with E-state index in [1.54, 1.807) is 12.1 Å². The van der Waals surface area contributed by atoms with Gasteiger partial charge in [-0.1, -0.05) is 0 Å². The summed E-state index contributed by atoms with van der Waals surface area (Å²) in [5, 5.41) is 3.16. The summed E-state index contributed by atoms with van der Waals surface area (Å²) in [4.78, 5) is 4.03. The zero-order valence-corrected chi connectivity index (χ0v) is 11.7. The fraction of sp³-hybridized carbons (Fsp3) is 0.357. The quantitative estimate of drug-likeness (QED) is 0.851. The molecule has 1 aromatic carbocycles. The number of halogens is 2. The van der Waals surface area contributed by atoms with Crippen molar-refractivity contribution < 1.29 is 22.7 Å². The molecule has 0 saturated heterocycles. The van der Waals surface area contributed by atoms with E-state index in [9.17, 15) is 8.78 Å². The molecule has 21 heavy (non-hydrogen) atoms. The highest BCUT2D eigenvalue weighted by Crippen LogP contribution is 2.26. The Bertz CT molecular complexity index is 561. The van der Waals surface area contributed by atoms with Crippen molar-refractivity contribution in [3.63, 3.8) is 0 Å². The minimum Gasteiger partial charge on any atom is -0.497 e. The maximum Gasteiger partial charge on any atom is 0.387 e. The number of benzene rings is 1. The highest BCUT2D eigenvalue weighted by Gasteiger charge is 2.13. The van der Waals surface area contributed by atoms with Gasteiger partial charge in [0.05, 0.1) is 18.8 Å². The van der Waals surface area contributed by atoms with E-state index in [0.717, 1.165) is 5.69 Å². The largest absolute Gasteiger partial charge is 0.497 e. The second kappa shape index (κ2) is 7.03. The lowest BCUT2D eigenvalue weighted by atomic mass is 10.1. The molecule has 2 aromatic rings. The zero-order chi connectivity index (χ0) is 15.2. The molecule has 0 bridgehead atoms. The predicted molar refractivity (Wildman–Crippen MR) is 71.4 cm³/mol.